The Labute approximate surface area is 127 Å². The number of amides is 1. The van der Waals surface area contributed by atoms with Crippen LogP contribution in [0.25, 0.3) is 0 Å². The average Bonchev–Trinajstić information content (AvgIpc) is 2.10. The molecule has 0 radical (unpaired) electrons. The van der Waals surface area contributed by atoms with Crippen LogP contribution in [-0.4, -0.2) is 11.9 Å². The molecule has 1 N–H and O–H groups in total. The zero-order valence-corrected chi connectivity index (χ0v) is 15.2. The summed E-state index contributed by atoms with van der Waals surface area (Å²) in [4.78, 5) is 12.7. The van der Waals surface area contributed by atoms with Crippen LogP contribution < -0.4 is 5.32 Å². The molecule has 2 heteroatoms. The maximum Gasteiger partial charge on any atom is 0.224 e. The largest absolute Gasteiger partial charge is 0.353 e. The van der Waals surface area contributed by atoms with Gasteiger partial charge in [-0.25, -0.2) is 0 Å². The summed E-state index contributed by atoms with van der Waals surface area (Å²) >= 11 is 0. The molecule has 0 rings (SSSR count). The van der Waals surface area contributed by atoms with Crippen LogP contribution in [0, 0.1) is 29.1 Å². The molecule has 0 aliphatic rings. The first-order chi connectivity index (χ1) is 8.95. The summed E-state index contributed by atoms with van der Waals surface area (Å²) in [5.74, 6) is 1.91. The van der Waals surface area contributed by atoms with Gasteiger partial charge in [0.1, 0.15) is 0 Å². The normalized spacial score (nSPS) is 14.4. The quantitative estimate of drug-likeness (QED) is 0.708. The van der Waals surface area contributed by atoms with E-state index in [-0.39, 0.29) is 17.2 Å². The lowest BCUT2D eigenvalue weighted by molar-refractivity contribution is -0.131. The molecule has 0 unspecified atom stereocenters. The van der Waals surface area contributed by atoms with Crippen molar-refractivity contribution in [2.45, 2.75) is 81.2 Å². The van der Waals surface area contributed by atoms with Crippen molar-refractivity contribution in [1.82, 2.24) is 5.32 Å². The molecule has 0 spiro atoms. The Morgan fingerprint density at radius 3 is 1.55 bits per heavy atom. The van der Waals surface area contributed by atoms with E-state index in [4.69, 9.17) is 0 Å². The predicted octanol–water partition coefficient (Wildman–Crippen LogP) is 4.88. The van der Waals surface area contributed by atoms with Gasteiger partial charge in [0.2, 0.25) is 5.91 Å². The van der Waals surface area contributed by atoms with Gasteiger partial charge in [0.25, 0.3) is 0 Å². The number of hydrogen-bond donors (Lipinski definition) is 1. The monoisotopic (exact) mass is 283 g/mol. The number of hydrogen-bond acceptors (Lipinski definition) is 1. The van der Waals surface area contributed by atoms with Gasteiger partial charge in [0, 0.05) is 12.0 Å². The minimum Gasteiger partial charge on any atom is -0.353 e. The fourth-order valence-electron chi connectivity index (χ4n) is 3.34. The van der Waals surface area contributed by atoms with Crippen molar-refractivity contribution >= 4 is 5.91 Å². The Bertz CT molecular complexity index is 276. The summed E-state index contributed by atoms with van der Waals surface area (Å²) in [6.07, 6.45) is 2.14. The molecule has 0 heterocycles. The maximum atomic E-state index is 12.7. The third-order valence-electron chi connectivity index (χ3n) is 3.74. The van der Waals surface area contributed by atoms with Crippen LogP contribution in [0.15, 0.2) is 0 Å². The fraction of sp³-hybridized carbons (Fsp3) is 0.944. The van der Waals surface area contributed by atoms with Crippen LogP contribution in [0.1, 0.15) is 75.2 Å². The molecule has 0 aliphatic carbocycles. The SMILES string of the molecule is CC(C)CC(CC(C)C)NC(=O)[C@@H](C(C)C)C(C)(C)C. The summed E-state index contributed by atoms with van der Waals surface area (Å²) in [6.45, 7) is 19.7. The zero-order valence-electron chi connectivity index (χ0n) is 15.2. The Morgan fingerprint density at radius 2 is 1.30 bits per heavy atom. The van der Waals surface area contributed by atoms with Gasteiger partial charge in [-0.05, 0) is 36.0 Å². The first kappa shape index (κ1) is 19.5. The van der Waals surface area contributed by atoms with Gasteiger partial charge < -0.3 is 5.32 Å². The molecule has 0 aliphatic heterocycles. The van der Waals surface area contributed by atoms with E-state index in [1.165, 1.54) is 0 Å². The fourth-order valence-corrected chi connectivity index (χ4v) is 3.34. The Hall–Kier alpha value is -0.530. The lowest BCUT2D eigenvalue weighted by Gasteiger charge is -2.34. The molecule has 0 bridgehead atoms. The van der Waals surface area contributed by atoms with Crippen molar-refractivity contribution in [3.8, 4) is 0 Å². The Kier molecular flexibility index (Phi) is 7.83. The van der Waals surface area contributed by atoms with Crippen LogP contribution in [0.4, 0.5) is 0 Å². The van der Waals surface area contributed by atoms with Gasteiger partial charge in [-0.3, -0.25) is 4.79 Å². The molecule has 1 atom stereocenters. The maximum absolute atomic E-state index is 12.7. The predicted molar refractivity (Wildman–Crippen MR) is 88.6 cm³/mol. The Morgan fingerprint density at radius 1 is 0.900 bits per heavy atom. The van der Waals surface area contributed by atoms with Gasteiger partial charge in [-0.2, -0.15) is 0 Å². The smallest absolute Gasteiger partial charge is 0.224 e. The molecule has 0 saturated heterocycles. The van der Waals surface area contributed by atoms with Gasteiger partial charge in [-0.15, -0.1) is 0 Å². The van der Waals surface area contributed by atoms with Crippen molar-refractivity contribution in [1.29, 1.82) is 0 Å². The molecule has 0 aromatic rings. The number of carbonyl (C=O) groups excluding carboxylic acids is 1. The van der Waals surface area contributed by atoms with Crippen molar-refractivity contribution in [3.05, 3.63) is 0 Å². The summed E-state index contributed by atoms with van der Waals surface area (Å²) in [5.41, 5.74) is 0.0124. The number of carbonyl (C=O) groups is 1. The summed E-state index contributed by atoms with van der Waals surface area (Å²) in [5, 5.41) is 3.33. The second kappa shape index (κ2) is 8.05. The highest BCUT2D eigenvalue weighted by atomic mass is 16.2. The van der Waals surface area contributed by atoms with Crippen LogP contribution >= 0.6 is 0 Å². The Balaban J connectivity index is 4.87. The van der Waals surface area contributed by atoms with E-state index in [9.17, 15) is 4.79 Å². The van der Waals surface area contributed by atoms with Crippen LogP contribution in [0.5, 0.6) is 0 Å². The molecule has 0 aromatic carbocycles. The van der Waals surface area contributed by atoms with Gasteiger partial charge in [-0.1, -0.05) is 62.3 Å². The van der Waals surface area contributed by atoms with E-state index in [2.05, 4.69) is 67.6 Å². The topological polar surface area (TPSA) is 29.1 Å². The van der Waals surface area contributed by atoms with E-state index in [1.54, 1.807) is 0 Å². The third-order valence-corrected chi connectivity index (χ3v) is 3.74. The zero-order chi connectivity index (χ0) is 16.1. The molecule has 0 aromatic heterocycles. The van der Waals surface area contributed by atoms with Crippen LogP contribution in [0.3, 0.4) is 0 Å². The molecular weight excluding hydrogens is 246 g/mol. The lowest BCUT2D eigenvalue weighted by atomic mass is 9.73. The van der Waals surface area contributed by atoms with Crippen molar-refractivity contribution in [2.24, 2.45) is 29.1 Å². The molecule has 120 valence electrons. The van der Waals surface area contributed by atoms with Crippen LogP contribution in [0.2, 0.25) is 0 Å². The molecular formula is C18H37NO. The molecule has 1 amide bonds. The number of nitrogens with one attached hydrogen (secondary N) is 1. The summed E-state index contributed by atoms with van der Waals surface area (Å²) in [6, 6.07) is 0.311. The van der Waals surface area contributed by atoms with Gasteiger partial charge in [0.05, 0.1) is 0 Å². The minimum atomic E-state index is 0.0124. The second-order valence-corrected chi connectivity index (χ2v) is 8.55. The molecule has 2 nitrogen and oxygen atoms in total. The van der Waals surface area contributed by atoms with E-state index in [1.807, 2.05) is 0 Å². The van der Waals surface area contributed by atoms with Crippen molar-refractivity contribution in [2.75, 3.05) is 0 Å². The van der Waals surface area contributed by atoms with E-state index >= 15 is 0 Å². The average molecular weight is 284 g/mol. The van der Waals surface area contributed by atoms with Crippen LogP contribution in [-0.2, 0) is 4.79 Å². The standard InChI is InChI=1S/C18H37NO/c1-12(2)10-15(11-13(3)4)19-17(20)16(14(5)6)18(7,8)9/h12-16H,10-11H2,1-9H3,(H,19,20)/t16-/m1/s1. The summed E-state index contributed by atoms with van der Waals surface area (Å²) in [7, 11) is 0. The highest BCUT2D eigenvalue weighted by Crippen LogP contribution is 2.32. The molecule has 0 saturated carbocycles. The van der Waals surface area contributed by atoms with Crippen molar-refractivity contribution in [3.63, 3.8) is 0 Å². The first-order valence-corrected chi connectivity index (χ1v) is 8.25. The molecule has 0 fully saturated rings. The number of rotatable bonds is 7. The van der Waals surface area contributed by atoms with E-state index < -0.39 is 0 Å². The highest BCUT2D eigenvalue weighted by Gasteiger charge is 2.34. The summed E-state index contributed by atoms with van der Waals surface area (Å²) < 4.78 is 0. The van der Waals surface area contributed by atoms with E-state index in [0.717, 1.165) is 12.8 Å². The highest BCUT2D eigenvalue weighted by molar-refractivity contribution is 5.80. The van der Waals surface area contributed by atoms with Crippen molar-refractivity contribution < 1.29 is 4.79 Å². The second-order valence-electron chi connectivity index (χ2n) is 8.55. The minimum absolute atomic E-state index is 0.0124. The third kappa shape index (κ3) is 7.31. The molecule has 20 heavy (non-hydrogen) atoms. The van der Waals surface area contributed by atoms with Gasteiger partial charge in [0.15, 0.2) is 0 Å². The first-order valence-electron chi connectivity index (χ1n) is 8.25. The van der Waals surface area contributed by atoms with Gasteiger partial charge >= 0.3 is 0 Å². The lowest BCUT2D eigenvalue weighted by Crippen LogP contribution is -2.46. The van der Waals surface area contributed by atoms with E-state index in [0.29, 0.717) is 23.8 Å².